The maximum absolute atomic E-state index is 12.7. The lowest BCUT2D eigenvalue weighted by atomic mass is 10.1. The SMILES string of the molecule is Cn1nc(Cl)c2ccc(Cl)c(CC(=O)N(C(=N)N)C(=O)OC(C)(C)C)c21. The number of nitrogens with two attached hydrogens (primary N) is 1. The van der Waals surface area contributed by atoms with Crippen molar-refractivity contribution in [1.29, 1.82) is 5.41 Å². The van der Waals surface area contributed by atoms with Gasteiger partial charge in [0.1, 0.15) is 5.60 Å². The van der Waals surface area contributed by atoms with Gasteiger partial charge in [0.05, 0.1) is 11.9 Å². The second-order valence-electron chi connectivity index (χ2n) is 6.61. The van der Waals surface area contributed by atoms with Crippen LogP contribution in [-0.4, -0.2) is 38.2 Å². The first-order chi connectivity index (χ1) is 11.9. The number of amides is 2. The van der Waals surface area contributed by atoms with Gasteiger partial charge in [-0.25, -0.2) is 4.79 Å². The van der Waals surface area contributed by atoms with Crippen molar-refractivity contribution in [3.05, 3.63) is 27.9 Å². The quantitative estimate of drug-likeness (QED) is 0.594. The van der Waals surface area contributed by atoms with Crippen molar-refractivity contribution < 1.29 is 14.3 Å². The molecule has 26 heavy (non-hydrogen) atoms. The number of aromatic nitrogens is 2. The smallest absolute Gasteiger partial charge is 0.424 e. The molecule has 0 aliphatic carbocycles. The van der Waals surface area contributed by atoms with E-state index in [9.17, 15) is 9.59 Å². The van der Waals surface area contributed by atoms with E-state index in [2.05, 4.69) is 5.10 Å². The summed E-state index contributed by atoms with van der Waals surface area (Å²) in [4.78, 5) is 25.4. The number of guanidine groups is 1. The molecule has 2 aromatic rings. The number of hydrogen-bond donors (Lipinski definition) is 2. The lowest BCUT2D eigenvalue weighted by molar-refractivity contribution is -0.126. The lowest BCUT2D eigenvalue weighted by Crippen LogP contribution is -2.48. The molecular formula is C16H19Cl2N5O3. The van der Waals surface area contributed by atoms with Gasteiger partial charge in [-0.05, 0) is 32.9 Å². The molecule has 0 saturated carbocycles. The molecule has 1 aromatic heterocycles. The molecule has 0 unspecified atom stereocenters. The number of carbonyl (C=O) groups excluding carboxylic acids is 2. The summed E-state index contributed by atoms with van der Waals surface area (Å²) in [5.41, 5.74) is 5.54. The number of fused-ring (bicyclic) bond motifs is 1. The Morgan fingerprint density at radius 2 is 1.96 bits per heavy atom. The molecule has 0 aliphatic heterocycles. The second-order valence-corrected chi connectivity index (χ2v) is 7.37. The van der Waals surface area contributed by atoms with Crippen LogP contribution in [0.1, 0.15) is 26.3 Å². The Morgan fingerprint density at radius 3 is 2.50 bits per heavy atom. The van der Waals surface area contributed by atoms with Crippen LogP contribution in [0.15, 0.2) is 12.1 Å². The largest absolute Gasteiger partial charge is 0.443 e. The number of benzene rings is 1. The topological polar surface area (TPSA) is 114 Å². The average Bonchev–Trinajstić information content (AvgIpc) is 2.74. The summed E-state index contributed by atoms with van der Waals surface area (Å²) in [6.07, 6.45) is -1.31. The number of nitrogens with zero attached hydrogens (tertiary/aromatic N) is 3. The number of ether oxygens (including phenoxy) is 1. The van der Waals surface area contributed by atoms with Gasteiger partial charge in [0.15, 0.2) is 5.15 Å². The Hall–Kier alpha value is -2.32. The third-order valence-corrected chi connectivity index (χ3v) is 4.04. The van der Waals surface area contributed by atoms with E-state index < -0.39 is 23.6 Å². The van der Waals surface area contributed by atoms with Crippen LogP contribution >= 0.6 is 23.2 Å². The molecule has 10 heteroatoms. The molecule has 2 rings (SSSR count). The molecule has 0 spiro atoms. The number of carbonyl (C=O) groups is 2. The fourth-order valence-corrected chi connectivity index (χ4v) is 2.91. The summed E-state index contributed by atoms with van der Waals surface area (Å²) in [5, 5.41) is 12.9. The molecule has 1 heterocycles. The highest BCUT2D eigenvalue weighted by atomic mass is 35.5. The fraction of sp³-hybridized carbons (Fsp3) is 0.375. The Balaban J connectivity index is 2.42. The van der Waals surface area contributed by atoms with Gasteiger partial charge in [-0.2, -0.15) is 10.00 Å². The van der Waals surface area contributed by atoms with Gasteiger partial charge in [0.25, 0.3) is 0 Å². The van der Waals surface area contributed by atoms with E-state index >= 15 is 0 Å². The van der Waals surface area contributed by atoms with E-state index in [4.69, 9.17) is 39.1 Å². The highest BCUT2D eigenvalue weighted by molar-refractivity contribution is 6.36. The molecule has 0 atom stereocenters. The summed E-state index contributed by atoms with van der Waals surface area (Å²) in [7, 11) is 1.66. The average molecular weight is 400 g/mol. The van der Waals surface area contributed by atoms with Crippen LogP contribution in [0.25, 0.3) is 10.9 Å². The molecule has 0 radical (unpaired) electrons. The summed E-state index contributed by atoms with van der Waals surface area (Å²) < 4.78 is 6.64. The Labute approximate surface area is 160 Å². The van der Waals surface area contributed by atoms with Crippen molar-refractivity contribution in [2.45, 2.75) is 32.8 Å². The predicted octanol–water partition coefficient (Wildman–Crippen LogP) is 3.08. The maximum atomic E-state index is 12.7. The van der Waals surface area contributed by atoms with Crippen molar-refractivity contribution in [3.8, 4) is 0 Å². The molecule has 0 bridgehead atoms. The summed E-state index contributed by atoms with van der Waals surface area (Å²) in [6.45, 7) is 4.93. The maximum Gasteiger partial charge on any atom is 0.424 e. The lowest BCUT2D eigenvalue weighted by Gasteiger charge is -2.25. The zero-order chi connectivity index (χ0) is 19.8. The van der Waals surface area contributed by atoms with Crippen LogP contribution in [0.3, 0.4) is 0 Å². The predicted molar refractivity (Wildman–Crippen MR) is 99.4 cm³/mol. The normalized spacial score (nSPS) is 11.5. The van der Waals surface area contributed by atoms with E-state index in [1.165, 1.54) is 4.68 Å². The third kappa shape index (κ3) is 4.08. The monoisotopic (exact) mass is 399 g/mol. The van der Waals surface area contributed by atoms with E-state index in [0.717, 1.165) is 0 Å². The summed E-state index contributed by atoms with van der Waals surface area (Å²) in [6, 6.07) is 3.28. The highest BCUT2D eigenvalue weighted by Gasteiger charge is 2.30. The zero-order valence-corrected chi connectivity index (χ0v) is 16.3. The van der Waals surface area contributed by atoms with Gasteiger partial charge in [-0.15, -0.1) is 0 Å². The standard InChI is InChI=1S/C16H19Cl2N5O3/c1-16(2,3)26-15(25)23(14(19)20)11(24)7-9-10(17)6-5-8-12(9)22(4)21-13(8)18/h5-6H,7H2,1-4H3,(H3,19,20). The van der Waals surface area contributed by atoms with Crippen molar-refractivity contribution in [1.82, 2.24) is 14.7 Å². The first kappa shape index (κ1) is 20.0. The Morgan fingerprint density at radius 1 is 1.35 bits per heavy atom. The van der Waals surface area contributed by atoms with Gasteiger partial charge in [0, 0.05) is 23.0 Å². The number of halogens is 2. The second kappa shape index (κ2) is 7.13. The van der Waals surface area contributed by atoms with Gasteiger partial charge in [-0.3, -0.25) is 14.9 Å². The third-order valence-electron chi connectivity index (χ3n) is 3.40. The molecule has 2 amide bonds. The van der Waals surface area contributed by atoms with E-state index in [1.54, 1.807) is 40.0 Å². The van der Waals surface area contributed by atoms with Crippen molar-refractivity contribution in [3.63, 3.8) is 0 Å². The van der Waals surface area contributed by atoms with E-state index in [1.807, 2.05) is 0 Å². The van der Waals surface area contributed by atoms with Gasteiger partial charge < -0.3 is 10.5 Å². The van der Waals surface area contributed by atoms with Crippen molar-refractivity contribution >= 4 is 52.1 Å². The number of imide groups is 1. The first-order valence-electron chi connectivity index (χ1n) is 7.62. The number of hydrogen-bond acceptors (Lipinski definition) is 5. The number of aryl methyl sites for hydroxylation is 1. The minimum absolute atomic E-state index is 0.267. The van der Waals surface area contributed by atoms with Gasteiger partial charge in [-0.1, -0.05) is 23.2 Å². The van der Waals surface area contributed by atoms with Crippen LogP contribution in [0.5, 0.6) is 0 Å². The molecule has 8 nitrogen and oxygen atoms in total. The minimum atomic E-state index is -1.03. The first-order valence-corrected chi connectivity index (χ1v) is 8.37. The fourth-order valence-electron chi connectivity index (χ4n) is 2.42. The summed E-state index contributed by atoms with van der Waals surface area (Å²) in [5.74, 6) is -1.49. The molecule has 140 valence electrons. The van der Waals surface area contributed by atoms with Crippen molar-refractivity contribution in [2.24, 2.45) is 12.8 Å². The van der Waals surface area contributed by atoms with Crippen LogP contribution in [-0.2, 0) is 23.0 Å². The van der Waals surface area contributed by atoms with Crippen LogP contribution in [0.2, 0.25) is 10.2 Å². The zero-order valence-electron chi connectivity index (χ0n) is 14.8. The molecule has 3 N–H and O–H groups in total. The van der Waals surface area contributed by atoms with E-state index in [-0.39, 0.29) is 11.6 Å². The van der Waals surface area contributed by atoms with Crippen LogP contribution in [0.4, 0.5) is 4.79 Å². The Bertz CT molecular complexity index is 901. The minimum Gasteiger partial charge on any atom is -0.443 e. The Kier molecular flexibility index (Phi) is 5.48. The van der Waals surface area contributed by atoms with Gasteiger partial charge in [0.2, 0.25) is 11.9 Å². The number of rotatable bonds is 2. The molecule has 0 aliphatic rings. The van der Waals surface area contributed by atoms with Crippen molar-refractivity contribution in [2.75, 3.05) is 0 Å². The van der Waals surface area contributed by atoms with Gasteiger partial charge >= 0.3 is 6.09 Å². The van der Waals surface area contributed by atoms with Crippen LogP contribution < -0.4 is 5.73 Å². The summed E-state index contributed by atoms with van der Waals surface area (Å²) >= 11 is 12.3. The highest BCUT2D eigenvalue weighted by Crippen LogP contribution is 2.31. The molecule has 1 aromatic carbocycles. The number of nitrogens with one attached hydrogen (secondary N) is 1. The van der Waals surface area contributed by atoms with Crippen LogP contribution in [0, 0.1) is 5.41 Å². The molecular weight excluding hydrogens is 381 g/mol. The molecule has 0 saturated heterocycles. The molecule has 0 fully saturated rings. The van der Waals surface area contributed by atoms with E-state index in [0.29, 0.717) is 26.4 Å².